The average molecular weight is 338 g/mol. The van der Waals surface area contributed by atoms with Crippen LogP contribution in [0.4, 0.5) is 10.6 Å². The SMILES string of the molecule is Cc1nccn1CCCNC(=O)Nc1ccn(Cc2ccccc2)n1. The van der Waals surface area contributed by atoms with Crippen molar-refractivity contribution in [1.82, 2.24) is 24.6 Å². The summed E-state index contributed by atoms with van der Waals surface area (Å²) in [6.07, 6.45) is 6.41. The predicted octanol–water partition coefficient (Wildman–Crippen LogP) is 2.65. The standard InChI is InChI=1S/C18H22N6O/c1-15-19-10-13-23(15)11-5-9-20-18(25)21-17-8-12-24(22-17)14-16-6-3-2-4-7-16/h2-4,6-8,10,12-13H,5,9,11,14H2,1H3,(H2,20,21,22,25). The molecule has 7 nitrogen and oxygen atoms in total. The Labute approximate surface area is 146 Å². The van der Waals surface area contributed by atoms with Crippen molar-refractivity contribution in [2.24, 2.45) is 0 Å². The molecule has 0 atom stereocenters. The van der Waals surface area contributed by atoms with Crippen LogP contribution in [0.2, 0.25) is 0 Å². The van der Waals surface area contributed by atoms with Crippen LogP contribution in [-0.2, 0) is 13.1 Å². The van der Waals surface area contributed by atoms with Crippen molar-refractivity contribution in [3.63, 3.8) is 0 Å². The van der Waals surface area contributed by atoms with Gasteiger partial charge >= 0.3 is 6.03 Å². The summed E-state index contributed by atoms with van der Waals surface area (Å²) in [5, 5.41) is 9.95. The number of imidazole rings is 1. The molecule has 3 rings (SSSR count). The Morgan fingerprint density at radius 2 is 2.00 bits per heavy atom. The molecule has 0 fully saturated rings. The number of hydrogen-bond acceptors (Lipinski definition) is 3. The van der Waals surface area contributed by atoms with E-state index in [-0.39, 0.29) is 6.03 Å². The second kappa shape index (κ2) is 8.14. The van der Waals surface area contributed by atoms with Gasteiger partial charge in [0.05, 0.1) is 6.54 Å². The summed E-state index contributed by atoms with van der Waals surface area (Å²) in [6.45, 7) is 4.06. The maximum absolute atomic E-state index is 11.9. The number of aromatic nitrogens is 4. The lowest BCUT2D eigenvalue weighted by molar-refractivity contribution is 0.251. The minimum atomic E-state index is -0.243. The van der Waals surface area contributed by atoms with Crippen LogP contribution in [0.1, 0.15) is 17.8 Å². The number of urea groups is 1. The summed E-state index contributed by atoms with van der Waals surface area (Å²) < 4.78 is 3.86. The van der Waals surface area contributed by atoms with Crippen LogP contribution in [0.3, 0.4) is 0 Å². The molecule has 0 radical (unpaired) electrons. The fraction of sp³-hybridized carbons (Fsp3) is 0.278. The van der Waals surface area contributed by atoms with Gasteiger partial charge in [0, 0.05) is 37.7 Å². The van der Waals surface area contributed by atoms with Crippen molar-refractivity contribution in [1.29, 1.82) is 0 Å². The maximum Gasteiger partial charge on any atom is 0.320 e. The first-order chi connectivity index (χ1) is 12.2. The van der Waals surface area contributed by atoms with Crippen molar-refractivity contribution in [3.8, 4) is 0 Å². The first-order valence-electron chi connectivity index (χ1n) is 8.31. The highest BCUT2D eigenvalue weighted by Gasteiger charge is 2.05. The Balaban J connectivity index is 1.40. The summed E-state index contributed by atoms with van der Waals surface area (Å²) in [5.41, 5.74) is 1.16. The van der Waals surface area contributed by atoms with Gasteiger partial charge in [-0.2, -0.15) is 5.10 Å². The lowest BCUT2D eigenvalue weighted by atomic mass is 10.2. The molecule has 0 aliphatic rings. The molecular formula is C18H22N6O. The second-order valence-electron chi connectivity index (χ2n) is 5.79. The highest BCUT2D eigenvalue weighted by Crippen LogP contribution is 2.06. The Bertz CT molecular complexity index is 808. The number of carbonyl (C=O) groups is 1. The number of amides is 2. The Kier molecular flexibility index (Phi) is 5.46. The van der Waals surface area contributed by atoms with Crippen LogP contribution in [0.15, 0.2) is 55.0 Å². The van der Waals surface area contributed by atoms with Crippen molar-refractivity contribution in [3.05, 3.63) is 66.4 Å². The molecule has 0 saturated heterocycles. The molecule has 2 aromatic heterocycles. The van der Waals surface area contributed by atoms with Crippen molar-refractivity contribution < 1.29 is 4.79 Å². The molecule has 25 heavy (non-hydrogen) atoms. The van der Waals surface area contributed by atoms with Crippen molar-refractivity contribution in [2.45, 2.75) is 26.4 Å². The van der Waals surface area contributed by atoms with Gasteiger partial charge in [0.25, 0.3) is 0 Å². The Morgan fingerprint density at radius 3 is 2.76 bits per heavy atom. The number of nitrogens with zero attached hydrogens (tertiary/aromatic N) is 4. The summed E-state index contributed by atoms with van der Waals surface area (Å²) in [4.78, 5) is 16.1. The van der Waals surface area contributed by atoms with Crippen LogP contribution in [0, 0.1) is 6.92 Å². The summed E-state index contributed by atoms with van der Waals surface area (Å²) in [5.74, 6) is 1.52. The average Bonchev–Trinajstić information content (AvgIpc) is 3.22. The molecule has 0 aliphatic heterocycles. The first kappa shape index (κ1) is 16.8. The lowest BCUT2D eigenvalue weighted by Gasteiger charge is -2.07. The van der Waals surface area contributed by atoms with Gasteiger partial charge in [0.2, 0.25) is 0 Å². The molecule has 0 saturated carbocycles. The van der Waals surface area contributed by atoms with E-state index in [1.165, 1.54) is 0 Å². The van der Waals surface area contributed by atoms with E-state index in [9.17, 15) is 4.79 Å². The second-order valence-corrected chi connectivity index (χ2v) is 5.79. The summed E-state index contributed by atoms with van der Waals surface area (Å²) in [7, 11) is 0. The number of rotatable bonds is 7. The van der Waals surface area contributed by atoms with E-state index in [0.29, 0.717) is 18.9 Å². The number of carbonyl (C=O) groups excluding carboxylic acids is 1. The zero-order valence-electron chi connectivity index (χ0n) is 14.2. The lowest BCUT2D eigenvalue weighted by Crippen LogP contribution is -2.30. The smallest absolute Gasteiger partial charge is 0.320 e. The number of hydrogen-bond donors (Lipinski definition) is 2. The number of benzene rings is 1. The van der Waals surface area contributed by atoms with Crippen LogP contribution in [0.25, 0.3) is 0 Å². The third-order valence-corrected chi connectivity index (χ3v) is 3.85. The normalized spacial score (nSPS) is 10.6. The van der Waals surface area contributed by atoms with Crippen molar-refractivity contribution in [2.75, 3.05) is 11.9 Å². The number of nitrogens with one attached hydrogen (secondary N) is 2. The van der Waals surface area contributed by atoms with Gasteiger partial charge in [0.15, 0.2) is 5.82 Å². The Hall–Kier alpha value is -3.09. The van der Waals surface area contributed by atoms with Crippen molar-refractivity contribution >= 4 is 11.8 Å². The topological polar surface area (TPSA) is 76.8 Å². The van der Waals surface area contributed by atoms with E-state index < -0.39 is 0 Å². The van der Waals surface area contributed by atoms with Gasteiger partial charge in [0.1, 0.15) is 5.82 Å². The minimum Gasteiger partial charge on any atom is -0.338 e. The Morgan fingerprint density at radius 1 is 1.16 bits per heavy atom. The molecule has 2 amide bonds. The molecule has 3 aromatic rings. The monoisotopic (exact) mass is 338 g/mol. The number of aryl methyl sites for hydroxylation is 2. The molecular weight excluding hydrogens is 316 g/mol. The van der Waals surface area contributed by atoms with Gasteiger partial charge in [-0.1, -0.05) is 30.3 Å². The van der Waals surface area contributed by atoms with Gasteiger partial charge in [-0.25, -0.2) is 9.78 Å². The molecule has 7 heteroatoms. The molecule has 2 N–H and O–H groups in total. The minimum absolute atomic E-state index is 0.243. The summed E-state index contributed by atoms with van der Waals surface area (Å²) in [6, 6.07) is 11.6. The third kappa shape index (κ3) is 4.94. The highest BCUT2D eigenvalue weighted by atomic mass is 16.2. The van der Waals surface area contributed by atoms with Crippen LogP contribution >= 0.6 is 0 Å². The molecule has 0 aliphatic carbocycles. The summed E-state index contributed by atoms with van der Waals surface area (Å²) >= 11 is 0. The molecule has 0 spiro atoms. The highest BCUT2D eigenvalue weighted by molar-refractivity contribution is 5.88. The first-order valence-corrected chi connectivity index (χ1v) is 8.31. The van der Waals surface area contributed by atoms with E-state index in [2.05, 4.69) is 25.3 Å². The fourth-order valence-electron chi connectivity index (χ4n) is 2.54. The molecule has 1 aromatic carbocycles. The fourth-order valence-corrected chi connectivity index (χ4v) is 2.54. The molecule has 2 heterocycles. The largest absolute Gasteiger partial charge is 0.338 e. The van der Waals surface area contributed by atoms with Gasteiger partial charge in [-0.05, 0) is 18.9 Å². The van der Waals surface area contributed by atoms with E-state index in [1.54, 1.807) is 16.9 Å². The van der Waals surface area contributed by atoms with Crippen LogP contribution in [0.5, 0.6) is 0 Å². The maximum atomic E-state index is 11.9. The van der Waals surface area contributed by atoms with E-state index in [4.69, 9.17) is 0 Å². The van der Waals surface area contributed by atoms with Gasteiger partial charge in [-0.15, -0.1) is 0 Å². The zero-order chi connectivity index (χ0) is 17.5. The predicted molar refractivity (Wildman–Crippen MR) is 96.4 cm³/mol. The van der Waals surface area contributed by atoms with Gasteiger partial charge in [-0.3, -0.25) is 10.00 Å². The van der Waals surface area contributed by atoms with Gasteiger partial charge < -0.3 is 9.88 Å². The molecule has 0 bridgehead atoms. The van der Waals surface area contributed by atoms with E-state index >= 15 is 0 Å². The molecule has 0 unspecified atom stereocenters. The molecule has 130 valence electrons. The van der Waals surface area contributed by atoms with Crippen LogP contribution in [-0.4, -0.2) is 31.9 Å². The zero-order valence-corrected chi connectivity index (χ0v) is 14.2. The van der Waals surface area contributed by atoms with E-state index in [0.717, 1.165) is 24.4 Å². The quantitative estimate of drug-likeness (QED) is 0.650. The number of anilines is 1. The third-order valence-electron chi connectivity index (χ3n) is 3.85. The van der Waals surface area contributed by atoms with Crippen LogP contribution < -0.4 is 10.6 Å². The van der Waals surface area contributed by atoms with E-state index in [1.807, 2.05) is 49.6 Å².